The highest BCUT2D eigenvalue weighted by Crippen LogP contribution is 2.29. The highest BCUT2D eigenvalue weighted by Gasteiger charge is 2.25. The van der Waals surface area contributed by atoms with E-state index in [-0.39, 0.29) is 18.5 Å². The van der Waals surface area contributed by atoms with Gasteiger partial charge in [0.25, 0.3) is 0 Å². The molecule has 1 atom stereocenters. The highest BCUT2D eigenvalue weighted by molar-refractivity contribution is 7.92. The van der Waals surface area contributed by atoms with Gasteiger partial charge in [-0.25, -0.2) is 8.42 Å². The van der Waals surface area contributed by atoms with E-state index in [2.05, 4.69) is 19.2 Å². The number of nitrogens with zero attached hydrogens (tertiary/aromatic N) is 1. The lowest BCUT2D eigenvalue weighted by Gasteiger charge is -2.26. The van der Waals surface area contributed by atoms with Crippen molar-refractivity contribution >= 4 is 21.6 Å². The molecule has 0 aliphatic rings. The standard InChI is InChI=1S/C21H28N2O4S/c1-16(2)14-18(17-10-6-5-7-11-17)22-21(24)15-23(28(4,25)26)19-12-8-9-13-20(19)27-3/h5-13,16,18H,14-15H2,1-4H3,(H,22,24)/t18-/m1/s1. The van der Waals surface area contributed by atoms with Crippen molar-refractivity contribution in [3.63, 3.8) is 0 Å². The molecule has 1 N–H and O–H groups in total. The molecular formula is C21H28N2O4S. The summed E-state index contributed by atoms with van der Waals surface area (Å²) in [6, 6.07) is 16.2. The number of carbonyl (C=O) groups is 1. The first-order chi connectivity index (χ1) is 13.2. The van der Waals surface area contributed by atoms with Crippen molar-refractivity contribution in [2.45, 2.75) is 26.3 Å². The molecule has 0 aliphatic heterocycles. The molecule has 0 spiro atoms. The number of benzene rings is 2. The smallest absolute Gasteiger partial charge is 0.241 e. The number of methoxy groups -OCH3 is 1. The summed E-state index contributed by atoms with van der Waals surface area (Å²) in [5.41, 5.74) is 1.33. The minimum Gasteiger partial charge on any atom is -0.495 e. The number of rotatable bonds is 9. The molecule has 0 aromatic heterocycles. The van der Waals surface area contributed by atoms with Gasteiger partial charge in [-0.1, -0.05) is 56.3 Å². The molecule has 1 amide bonds. The van der Waals surface area contributed by atoms with Crippen LogP contribution in [0.5, 0.6) is 5.75 Å². The van der Waals surface area contributed by atoms with Crippen LogP contribution < -0.4 is 14.4 Å². The Labute approximate surface area is 167 Å². The van der Waals surface area contributed by atoms with Gasteiger partial charge < -0.3 is 10.1 Å². The van der Waals surface area contributed by atoms with E-state index in [4.69, 9.17) is 4.74 Å². The molecule has 152 valence electrons. The molecule has 0 unspecified atom stereocenters. The Hall–Kier alpha value is -2.54. The van der Waals surface area contributed by atoms with Gasteiger partial charge in [-0.15, -0.1) is 0 Å². The van der Waals surface area contributed by atoms with E-state index < -0.39 is 10.0 Å². The Bertz CT molecular complexity index is 882. The minimum absolute atomic E-state index is 0.187. The van der Waals surface area contributed by atoms with Gasteiger partial charge >= 0.3 is 0 Å². The van der Waals surface area contributed by atoms with E-state index in [9.17, 15) is 13.2 Å². The topological polar surface area (TPSA) is 75.7 Å². The van der Waals surface area contributed by atoms with Crippen molar-refractivity contribution in [1.82, 2.24) is 5.32 Å². The number of hydrogen-bond donors (Lipinski definition) is 1. The van der Waals surface area contributed by atoms with Crippen molar-refractivity contribution < 1.29 is 17.9 Å². The summed E-state index contributed by atoms with van der Waals surface area (Å²) >= 11 is 0. The number of ether oxygens (including phenoxy) is 1. The maximum Gasteiger partial charge on any atom is 0.241 e. The lowest BCUT2D eigenvalue weighted by molar-refractivity contribution is -0.120. The van der Waals surface area contributed by atoms with E-state index in [0.717, 1.165) is 22.5 Å². The predicted octanol–water partition coefficient (Wildman–Crippen LogP) is 3.36. The number of anilines is 1. The Balaban J connectivity index is 2.25. The van der Waals surface area contributed by atoms with Crippen LogP contribution in [0.25, 0.3) is 0 Å². The Morgan fingerprint density at radius 3 is 2.25 bits per heavy atom. The van der Waals surface area contributed by atoms with Crippen LogP contribution >= 0.6 is 0 Å². The summed E-state index contributed by atoms with van der Waals surface area (Å²) in [5, 5.41) is 2.99. The average molecular weight is 405 g/mol. The summed E-state index contributed by atoms with van der Waals surface area (Å²) in [5.74, 6) is 0.388. The average Bonchev–Trinajstić information content (AvgIpc) is 2.65. The Kier molecular flexibility index (Phi) is 7.45. The molecule has 0 heterocycles. The molecule has 7 heteroatoms. The largest absolute Gasteiger partial charge is 0.495 e. The molecule has 0 aliphatic carbocycles. The van der Waals surface area contributed by atoms with Gasteiger partial charge in [0, 0.05) is 0 Å². The van der Waals surface area contributed by atoms with Crippen LogP contribution in [-0.2, 0) is 14.8 Å². The van der Waals surface area contributed by atoms with Crippen LogP contribution in [0.15, 0.2) is 54.6 Å². The molecule has 2 rings (SSSR count). The molecule has 2 aromatic rings. The fraction of sp³-hybridized carbons (Fsp3) is 0.381. The van der Waals surface area contributed by atoms with Gasteiger partial charge in [0.2, 0.25) is 15.9 Å². The van der Waals surface area contributed by atoms with E-state index >= 15 is 0 Å². The van der Waals surface area contributed by atoms with Crippen LogP contribution in [0, 0.1) is 5.92 Å². The molecule has 2 aromatic carbocycles. The van der Waals surface area contributed by atoms with Crippen LogP contribution in [0.3, 0.4) is 0 Å². The van der Waals surface area contributed by atoms with Crippen molar-refractivity contribution in [1.29, 1.82) is 0 Å². The minimum atomic E-state index is -3.68. The Morgan fingerprint density at radius 1 is 1.07 bits per heavy atom. The van der Waals surface area contributed by atoms with Gasteiger partial charge in [-0.05, 0) is 30.0 Å². The van der Waals surface area contributed by atoms with Crippen LogP contribution in [-0.4, -0.2) is 34.2 Å². The van der Waals surface area contributed by atoms with Crippen molar-refractivity contribution in [3.05, 3.63) is 60.2 Å². The summed E-state index contributed by atoms with van der Waals surface area (Å²) in [7, 11) is -2.21. The second-order valence-corrected chi connectivity index (χ2v) is 9.01. The Morgan fingerprint density at radius 2 is 1.68 bits per heavy atom. The molecule has 0 bridgehead atoms. The number of amides is 1. The molecular weight excluding hydrogens is 376 g/mol. The zero-order valence-electron chi connectivity index (χ0n) is 16.8. The molecule has 6 nitrogen and oxygen atoms in total. The van der Waals surface area contributed by atoms with Crippen LogP contribution in [0.2, 0.25) is 0 Å². The van der Waals surface area contributed by atoms with Gasteiger partial charge in [-0.2, -0.15) is 0 Å². The molecule has 0 saturated heterocycles. The first-order valence-corrected chi connectivity index (χ1v) is 11.0. The van der Waals surface area contributed by atoms with Crippen LogP contribution in [0.4, 0.5) is 5.69 Å². The van der Waals surface area contributed by atoms with Crippen LogP contribution in [0.1, 0.15) is 31.9 Å². The number of hydrogen-bond acceptors (Lipinski definition) is 4. The number of para-hydroxylation sites is 2. The summed E-state index contributed by atoms with van der Waals surface area (Å²) in [6.07, 6.45) is 1.83. The third kappa shape index (κ3) is 5.99. The van der Waals surface area contributed by atoms with Crippen molar-refractivity contribution in [3.8, 4) is 5.75 Å². The first-order valence-electron chi connectivity index (χ1n) is 9.17. The monoisotopic (exact) mass is 404 g/mol. The molecule has 0 radical (unpaired) electrons. The molecule has 28 heavy (non-hydrogen) atoms. The quantitative estimate of drug-likeness (QED) is 0.695. The maximum absolute atomic E-state index is 12.8. The fourth-order valence-electron chi connectivity index (χ4n) is 3.02. The first kappa shape index (κ1) is 21.8. The van der Waals surface area contributed by atoms with E-state index in [1.807, 2.05) is 30.3 Å². The number of carbonyl (C=O) groups excluding carboxylic acids is 1. The summed E-state index contributed by atoms with van der Waals surface area (Å²) < 4.78 is 31.1. The zero-order valence-corrected chi connectivity index (χ0v) is 17.6. The maximum atomic E-state index is 12.8. The van der Waals surface area contributed by atoms with Gasteiger partial charge in [0.1, 0.15) is 12.3 Å². The third-order valence-electron chi connectivity index (χ3n) is 4.29. The summed E-state index contributed by atoms with van der Waals surface area (Å²) in [4.78, 5) is 12.8. The third-order valence-corrected chi connectivity index (χ3v) is 5.41. The van der Waals surface area contributed by atoms with Crippen molar-refractivity contribution in [2.75, 3.05) is 24.2 Å². The van der Waals surface area contributed by atoms with E-state index in [0.29, 0.717) is 17.4 Å². The van der Waals surface area contributed by atoms with E-state index in [1.165, 1.54) is 7.11 Å². The summed E-state index contributed by atoms with van der Waals surface area (Å²) in [6.45, 7) is 3.85. The molecule has 0 saturated carbocycles. The normalized spacial score (nSPS) is 12.5. The van der Waals surface area contributed by atoms with Gasteiger partial charge in [-0.3, -0.25) is 9.10 Å². The van der Waals surface area contributed by atoms with E-state index in [1.54, 1.807) is 24.3 Å². The number of sulfonamides is 1. The second kappa shape index (κ2) is 9.59. The van der Waals surface area contributed by atoms with Crippen molar-refractivity contribution in [2.24, 2.45) is 5.92 Å². The molecule has 0 fully saturated rings. The lowest BCUT2D eigenvalue weighted by Crippen LogP contribution is -2.42. The van der Waals surface area contributed by atoms with Gasteiger partial charge in [0.05, 0.1) is 25.1 Å². The predicted molar refractivity (Wildman–Crippen MR) is 112 cm³/mol. The second-order valence-electron chi connectivity index (χ2n) is 7.10. The zero-order chi connectivity index (χ0) is 20.7. The highest BCUT2D eigenvalue weighted by atomic mass is 32.2. The lowest BCUT2D eigenvalue weighted by atomic mass is 9.97. The fourth-order valence-corrected chi connectivity index (χ4v) is 3.88. The number of nitrogens with one attached hydrogen (secondary N) is 1. The van der Waals surface area contributed by atoms with Gasteiger partial charge in [0.15, 0.2) is 0 Å². The SMILES string of the molecule is COc1ccccc1N(CC(=O)N[C@H](CC(C)C)c1ccccc1)S(C)(=O)=O.